The van der Waals surface area contributed by atoms with E-state index in [1.165, 1.54) is 0 Å². The van der Waals surface area contributed by atoms with Gasteiger partial charge >= 0.3 is 0 Å². The van der Waals surface area contributed by atoms with E-state index in [9.17, 15) is 0 Å². The molecular formula is C7H18O3. The van der Waals surface area contributed by atoms with Crippen LogP contribution in [0.4, 0.5) is 0 Å². The summed E-state index contributed by atoms with van der Waals surface area (Å²) in [6, 6.07) is 0. The highest BCUT2D eigenvalue weighted by Crippen LogP contribution is 1.89. The molecule has 0 aliphatic rings. The lowest BCUT2D eigenvalue weighted by molar-refractivity contribution is 0.0450. The molecule has 1 unspecified atom stereocenters. The van der Waals surface area contributed by atoms with Crippen LogP contribution in [0.2, 0.25) is 0 Å². The van der Waals surface area contributed by atoms with Crippen molar-refractivity contribution < 1.29 is 15.3 Å². The Labute approximate surface area is 62.3 Å². The van der Waals surface area contributed by atoms with Gasteiger partial charge in [-0.25, -0.2) is 0 Å². The summed E-state index contributed by atoms with van der Waals surface area (Å²) < 4.78 is 5.09. The molecule has 0 aromatic heterocycles. The molecule has 0 heterocycles. The average Bonchev–Trinajstić information content (AvgIpc) is 1.80. The Kier molecular flexibility index (Phi) is 11.1. The quantitative estimate of drug-likeness (QED) is 0.575. The normalized spacial score (nSPS) is 12.3. The molecule has 10 heavy (non-hydrogen) atoms. The van der Waals surface area contributed by atoms with Gasteiger partial charge in [0.05, 0.1) is 12.7 Å². The van der Waals surface area contributed by atoms with Crippen LogP contribution in [-0.2, 0) is 4.74 Å². The van der Waals surface area contributed by atoms with Gasteiger partial charge in [0.1, 0.15) is 0 Å². The van der Waals surface area contributed by atoms with Crippen molar-refractivity contribution in [3.8, 4) is 0 Å². The molecular weight excluding hydrogens is 132 g/mol. The Morgan fingerprint density at radius 3 is 2.50 bits per heavy atom. The summed E-state index contributed by atoms with van der Waals surface area (Å²) in [4.78, 5) is 0. The van der Waals surface area contributed by atoms with E-state index < -0.39 is 0 Å². The van der Waals surface area contributed by atoms with Crippen LogP contribution in [0.5, 0.6) is 0 Å². The maximum atomic E-state index is 8.73. The number of aliphatic hydroxyl groups excluding tert-OH is 1. The fourth-order valence-corrected chi connectivity index (χ4v) is 0.500. The minimum absolute atomic E-state index is 0. The van der Waals surface area contributed by atoms with Gasteiger partial charge in [-0.2, -0.15) is 0 Å². The minimum Gasteiger partial charge on any atom is -0.412 e. The van der Waals surface area contributed by atoms with Crippen LogP contribution in [0.15, 0.2) is 0 Å². The molecule has 0 bridgehead atoms. The zero-order chi connectivity index (χ0) is 7.11. The number of hydrogen-bond acceptors (Lipinski definition) is 2. The highest BCUT2D eigenvalue weighted by molar-refractivity contribution is 4.40. The molecule has 0 aliphatic heterocycles. The maximum absolute atomic E-state index is 8.73. The molecule has 0 rings (SSSR count). The van der Waals surface area contributed by atoms with E-state index in [4.69, 9.17) is 9.84 Å². The smallest absolute Gasteiger partial charge is 0.0745 e. The number of unbranched alkanes of at least 4 members (excludes halogenated alkanes) is 1. The Bertz CT molecular complexity index is 54.8. The monoisotopic (exact) mass is 150 g/mol. The third-order valence-corrected chi connectivity index (χ3v) is 1.00. The molecule has 0 aliphatic carbocycles. The number of rotatable bonds is 5. The summed E-state index contributed by atoms with van der Waals surface area (Å²) >= 11 is 0. The molecule has 64 valence electrons. The number of aliphatic hydroxyl groups is 1. The van der Waals surface area contributed by atoms with Crippen molar-refractivity contribution >= 4 is 0 Å². The van der Waals surface area contributed by atoms with Gasteiger partial charge in [0, 0.05) is 6.61 Å². The summed E-state index contributed by atoms with van der Waals surface area (Å²) in [5.41, 5.74) is 0. The lowest BCUT2D eigenvalue weighted by Gasteiger charge is -2.03. The molecule has 3 heteroatoms. The van der Waals surface area contributed by atoms with Crippen molar-refractivity contribution in [1.29, 1.82) is 0 Å². The van der Waals surface area contributed by atoms with Crippen molar-refractivity contribution in [2.24, 2.45) is 0 Å². The first-order chi connectivity index (χ1) is 4.27. The van der Waals surface area contributed by atoms with Gasteiger partial charge in [-0.3, -0.25) is 0 Å². The predicted octanol–water partition coefficient (Wildman–Crippen LogP) is 0.359. The topological polar surface area (TPSA) is 61.0 Å². The van der Waals surface area contributed by atoms with Crippen molar-refractivity contribution in [2.45, 2.75) is 32.8 Å². The van der Waals surface area contributed by atoms with Crippen LogP contribution in [-0.4, -0.2) is 29.9 Å². The third-order valence-electron chi connectivity index (χ3n) is 1.00. The molecule has 0 spiro atoms. The molecule has 3 N–H and O–H groups in total. The van der Waals surface area contributed by atoms with Crippen LogP contribution in [0.1, 0.15) is 26.7 Å². The van der Waals surface area contributed by atoms with Gasteiger partial charge in [-0.05, 0) is 13.3 Å². The van der Waals surface area contributed by atoms with Crippen molar-refractivity contribution in [3.63, 3.8) is 0 Å². The molecule has 0 fully saturated rings. The third kappa shape index (κ3) is 10.8. The van der Waals surface area contributed by atoms with Crippen LogP contribution in [0.25, 0.3) is 0 Å². The van der Waals surface area contributed by atoms with Gasteiger partial charge in [0.2, 0.25) is 0 Å². The average molecular weight is 150 g/mol. The molecule has 0 amide bonds. The van der Waals surface area contributed by atoms with Gasteiger partial charge in [0.25, 0.3) is 0 Å². The van der Waals surface area contributed by atoms with Gasteiger partial charge in [-0.15, -0.1) is 0 Å². The van der Waals surface area contributed by atoms with Crippen LogP contribution in [0, 0.1) is 0 Å². The lowest BCUT2D eigenvalue weighted by Crippen LogP contribution is -2.10. The summed E-state index contributed by atoms with van der Waals surface area (Å²) in [7, 11) is 0. The Morgan fingerprint density at radius 1 is 1.50 bits per heavy atom. The van der Waals surface area contributed by atoms with Crippen LogP contribution < -0.4 is 0 Å². The van der Waals surface area contributed by atoms with E-state index in [-0.39, 0.29) is 11.6 Å². The second-order valence-corrected chi connectivity index (χ2v) is 2.28. The molecule has 0 radical (unpaired) electrons. The fourth-order valence-electron chi connectivity index (χ4n) is 0.500. The highest BCUT2D eigenvalue weighted by Gasteiger charge is 1.92. The number of hydrogen-bond donors (Lipinski definition) is 1. The highest BCUT2D eigenvalue weighted by atomic mass is 16.5. The molecule has 0 saturated heterocycles. The fraction of sp³-hybridized carbons (Fsp3) is 1.00. The largest absolute Gasteiger partial charge is 0.412 e. The standard InChI is InChI=1S/C7H16O2.H2O/c1-3-4-5-9-6-7(2)8;/h7-8H,3-6H2,1-2H3;1H2. The zero-order valence-electron chi connectivity index (χ0n) is 6.76. The minimum atomic E-state index is -0.318. The van der Waals surface area contributed by atoms with E-state index in [2.05, 4.69) is 6.92 Å². The maximum Gasteiger partial charge on any atom is 0.0745 e. The second kappa shape index (κ2) is 8.88. The van der Waals surface area contributed by atoms with E-state index >= 15 is 0 Å². The Balaban J connectivity index is 0. The summed E-state index contributed by atoms with van der Waals surface area (Å²) in [6.07, 6.45) is 1.92. The van der Waals surface area contributed by atoms with E-state index in [1.54, 1.807) is 6.92 Å². The van der Waals surface area contributed by atoms with Gasteiger partial charge in [0.15, 0.2) is 0 Å². The van der Waals surface area contributed by atoms with Crippen molar-refractivity contribution in [2.75, 3.05) is 13.2 Å². The Hall–Kier alpha value is -0.120. The molecule has 3 nitrogen and oxygen atoms in total. The van der Waals surface area contributed by atoms with Crippen LogP contribution >= 0.6 is 0 Å². The lowest BCUT2D eigenvalue weighted by atomic mass is 10.4. The summed E-state index contributed by atoms with van der Waals surface area (Å²) in [6.45, 7) is 5.10. The molecule has 1 atom stereocenters. The SMILES string of the molecule is CCCCOCC(C)O.O. The van der Waals surface area contributed by atoms with Crippen LogP contribution in [0.3, 0.4) is 0 Å². The Morgan fingerprint density at radius 2 is 2.10 bits per heavy atom. The molecule has 0 aromatic carbocycles. The first-order valence-corrected chi connectivity index (χ1v) is 3.53. The van der Waals surface area contributed by atoms with E-state index in [0.29, 0.717) is 6.61 Å². The van der Waals surface area contributed by atoms with E-state index in [1.807, 2.05) is 0 Å². The van der Waals surface area contributed by atoms with Crippen molar-refractivity contribution in [1.82, 2.24) is 0 Å². The molecule has 0 saturated carbocycles. The number of ether oxygens (including phenoxy) is 1. The van der Waals surface area contributed by atoms with Gasteiger partial charge in [-0.1, -0.05) is 13.3 Å². The van der Waals surface area contributed by atoms with E-state index in [0.717, 1.165) is 19.4 Å². The molecule has 0 aromatic rings. The summed E-state index contributed by atoms with van der Waals surface area (Å²) in [5, 5.41) is 8.73. The first kappa shape index (κ1) is 12.5. The first-order valence-electron chi connectivity index (χ1n) is 3.53. The zero-order valence-corrected chi connectivity index (χ0v) is 6.76. The van der Waals surface area contributed by atoms with Gasteiger partial charge < -0.3 is 15.3 Å². The predicted molar refractivity (Wildman–Crippen MR) is 41.0 cm³/mol. The summed E-state index contributed by atoms with van der Waals surface area (Å²) in [5.74, 6) is 0. The second-order valence-electron chi connectivity index (χ2n) is 2.28. The van der Waals surface area contributed by atoms with Crippen molar-refractivity contribution in [3.05, 3.63) is 0 Å².